The molecule has 0 aromatic heterocycles. The van der Waals surface area contributed by atoms with Crippen LogP contribution in [0.5, 0.6) is 0 Å². The molecule has 0 aliphatic carbocycles. The Morgan fingerprint density at radius 2 is 1.24 bits per heavy atom. The Labute approximate surface area is 336 Å². The van der Waals surface area contributed by atoms with Crippen molar-refractivity contribution in [2.45, 2.75) is 134 Å². The van der Waals surface area contributed by atoms with Crippen LogP contribution in [0.4, 0.5) is 0 Å². The molecule has 2 fully saturated rings. The van der Waals surface area contributed by atoms with Crippen molar-refractivity contribution < 1.29 is 58.2 Å². The molecule has 0 aromatic rings. The minimum atomic E-state index is -1.58. The molecule has 22 heteroatoms. The first-order valence-electron chi connectivity index (χ1n) is 19.4. The van der Waals surface area contributed by atoms with E-state index < -0.39 is 132 Å². The number of rotatable bonds is 22. The van der Waals surface area contributed by atoms with Gasteiger partial charge in [0.05, 0.1) is 19.1 Å². The van der Waals surface area contributed by atoms with E-state index in [1.807, 2.05) is 0 Å². The number of carbonyl (C=O) groups is 10. The average Bonchev–Trinajstić information content (AvgIpc) is 3.86. The normalized spacial score (nSPS) is 20.1. The molecule has 2 saturated heterocycles. The molecule has 2 aliphatic rings. The van der Waals surface area contributed by atoms with Crippen LogP contribution in [0.2, 0.25) is 0 Å². The molecule has 2 unspecified atom stereocenters. The van der Waals surface area contributed by atoms with E-state index in [-0.39, 0.29) is 38.8 Å². The molecule has 326 valence electrons. The van der Waals surface area contributed by atoms with Crippen LogP contribution >= 0.6 is 0 Å². The van der Waals surface area contributed by atoms with Crippen LogP contribution in [0.15, 0.2) is 0 Å². The van der Waals surface area contributed by atoms with Gasteiger partial charge in [-0.25, -0.2) is 4.79 Å². The van der Waals surface area contributed by atoms with Gasteiger partial charge in [-0.15, -0.1) is 0 Å². The molecule has 9 amide bonds. The van der Waals surface area contributed by atoms with Gasteiger partial charge >= 0.3 is 5.97 Å². The minimum absolute atomic E-state index is 0.122. The van der Waals surface area contributed by atoms with Crippen molar-refractivity contribution in [3.05, 3.63) is 0 Å². The van der Waals surface area contributed by atoms with Crippen LogP contribution in [0, 0.1) is 11.8 Å². The molecular formula is C36H60N10O12. The lowest BCUT2D eigenvalue weighted by Crippen LogP contribution is -2.62. The Hall–Kier alpha value is -5.38. The van der Waals surface area contributed by atoms with Gasteiger partial charge in [-0.1, -0.05) is 34.1 Å². The van der Waals surface area contributed by atoms with Gasteiger partial charge < -0.3 is 63.8 Å². The second kappa shape index (κ2) is 22.5. The molecule has 13 N–H and O–H groups in total. The van der Waals surface area contributed by atoms with Crippen LogP contribution in [0.3, 0.4) is 0 Å². The first kappa shape index (κ1) is 48.8. The number of primary amides is 2. The van der Waals surface area contributed by atoms with Gasteiger partial charge in [0.1, 0.15) is 42.3 Å². The van der Waals surface area contributed by atoms with E-state index in [1.54, 1.807) is 27.7 Å². The second-order valence-electron chi connectivity index (χ2n) is 15.1. The van der Waals surface area contributed by atoms with Crippen LogP contribution in [0.1, 0.15) is 86.0 Å². The highest BCUT2D eigenvalue weighted by Gasteiger charge is 2.42. The van der Waals surface area contributed by atoms with Gasteiger partial charge in [0.2, 0.25) is 53.2 Å². The molecule has 0 bridgehead atoms. The number of hydrogen-bond donors (Lipinski definition) is 10. The molecular weight excluding hydrogens is 764 g/mol. The lowest BCUT2D eigenvalue weighted by atomic mass is 9.96. The van der Waals surface area contributed by atoms with Crippen molar-refractivity contribution >= 4 is 59.1 Å². The highest BCUT2D eigenvalue weighted by molar-refractivity contribution is 5.98. The lowest BCUT2D eigenvalue weighted by Gasteiger charge is -2.33. The molecule has 2 rings (SSSR count). The highest BCUT2D eigenvalue weighted by Crippen LogP contribution is 2.23. The number of aliphatic carboxylic acids is 1. The van der Waals surface area contributed by atoms with Crippen molar-refractivity contribution in [2.24, 2.45) is 29.0 Å². The van der Waals surface area contributed by atoms with Crippen LogP contribution in [-0.2, 0) is 47.9 Å². The maximum Gasteiger partial charge on any atom is 0.326 e. The molecule has 58 heavy (non-hydrogen) atoms. The van der Waals surface area contributed by atoms with Gasteiger partial charge in [-0.3, -0.25) is 43.2 Å². The number of amides is 9. The summed E-state index contributed by atoms with van der Waals surface area (Å²) < 4.78 is 0. The smallest absolute Gasteiger partial charge is 0.326 e. The zero-order valence-electron chi connectivity index (χ0n) is 33.7. The fraction of sp³-hybridized carbons (Fsp3) is 0.722. The molecule has 0 saturated carbocycles. The number of nitrogens with two attached hydrogens (primary N) is 3. The number of aliphatic hydroxyl groups excluding tert-OH is 1. The van der Waals surface area contributed by atoms with E-state index in [9.17, 15) is 58.2 Å². The van der Waals surface area contributed by atoms with Gasteiger partial charge in [0.15, 0.2) is 0 Å². The molecule has 0 aromatic carbocycles. The van der Waals surface area contributed by atoms with E-state index in [0.29, 0.717) is 19.3 Å². The molecule has 22 nitrogen and oxygen atoms in total. The van der Waals surface area contributed by atoms with Gasteiger partial charge in [-0.05, 0) is 50.9 Å². The number of nitrogens with zero attached hydrogens (tertiary/aromatic N) is 2. The zero-order valence-corrected chi connectivity index (χ0v) is 33.7. The molecule has 0 spiro atoms. The van der Waals surface area contributed by atoms with Crippen molar-refractivity contribution in [1.29, 1.82) is 0 Å². The van der Waals surface area contributed by atoms with Gasteiger partial charge in [0.25, 0.3) is 0 Å². The van der Waals surface area contributed by atoms with Crippen molar-refractivity contribution in [1.82, 2.24) is 36.4 Å². The largest absolute Gasteiger partial charge is 0.480 e. The monoisotopic (exact) mass is 824 g/mol. The number of carboxylic acids is 1. The predicted octanol–water partition coefficient (Wildman–Crippen LogP) is -4.34. The molecule has 2 aliphatic heterocycles. The van der Waals surface area contributed by atoms with Crippen LogP contribution in [0.25, 0.3) is 0 Å². The number of nitrogens with one attached hydrogen (secondary N) is 5. The standard InChI is InChI=1S/C36H60N10O12/c1-6-18(4)28(35(56)46-14-8-9-23(46)31(52)41-21(36(57)58)11-12-25(38)48)44-30(51)22(16-47)42-33(54)27(17(2)3)43-32(53)24-10-7-13-45(24)34(55)19(5)40-29(50)20(37)15-26(39)49/h17-24,27-28,47H,6-16,37H2,1-5H3,(H2,38,48)(H2,39,49)(H,40,50)(H,41,52)(H,42,54)(H,43,53)(H,44,51)(H,57,58)/t18?,19-,20?,21-,22-,23-,24-,27-,28-/m0/s1. The first-order valence-corrected chi connectivity index (χ1v) is 19.4. The van der Waals surface area contributed by atoms with Gasteiger partial charge in [-0.2, -0.15) is 0 Å². The van der Waals surface area contributed by atoms with E-state index >= 15 is 0 Å². The third-order valence-electron chi connectivity index (χ3n) is 10.3. The van der Waals surface area contributed by atoms with Crippen molar-refractivity contribution in [2.75, 3.05) is 19.7 Å². The number of likely N-dealkylation sites (tertiary alicyclic amines) is 2. The van der Waals surface area contributed by atoms with E-state index in [0.717, 1.165) is 0 Å². The summed E-state index contributed by atoms with van der Waals surface area (Å²) in [5, 5.41) is 32.2. The molecule has 0 radical (unpaired) electrons. The lowest BCUT2D eigenvalue weighted by molar-refractivity contribution is -0.145. The highest BCUT2D eigenvalue weighted by atomic mass is 16.4. The summed E-state index contributed by atoms with van der Waals surface area (Å²) >= 11 is 0. The average molecular weight is 825 g/mol. The Bertz CT molecular complexity index is 1560. The zero-order chi connectivity index (χ0) is 44.0. The van der Waals surface area contributed by atoms with Crippen molar-refractivity contribution in [3.63, 3.8) is 0 Å². The maximum atomic E-state index is 13.9. The Morgan fingerprint density at radius 3 is 1.72 bits per heavy atom. The summed E-state index contributed by atoms with van der Waals surface area (Å²) in [7, 11) is 0. The fourth-order valence-corrected chi connectivity index (χ4v) is 6.71. The van der Waals surface area contributed by atoms with E-state index in [2.05, 4.69) is 26.6 Å². The van der Waals surface area contributed by atoms with Gasteiger partial charge in [0, 0.05) is 19.5 Å². The van der Waals surface area contributed by atoms with E-state index in [1.165, 1.54) is 16.7 Å². The summed E-state index contributed by atoms with van der Waals surface area (Å²) in [6, 6.07) is -9.96. The summed E-state index contributed by atoms with van der Waals surface area (Å²) in [6.45, 7) is 7.49. The minimum Gasteiger partial charge on any atom is -0.480 e. The SMILES string of the molecule is CCC(C)[C@H](NC(=O)[C@H](CO)NC(=O)[C@@H](NC(=O)[C@@H]1CCCN1C(=O)[C@H](C)NC(=O)C(N)CC(N)=O)C(C)C)C(=O)N1CCC[C@H]1C(=O)N[C@@H](CCC(N)=O)C(=O)O. The quantitative estimate of drug-likeness (QED) is 0.0494. The number of carboxylic acid groups (broad SMARTS) is 1. The number of aliphatic hydroxyl groups is 1. The fourth-order valence-electron chi connectivity index (χ4n) is 6.71. The second-order valence-corrected chi connectivity index (χ2v) is 15.1. The molecule has 2 heterocycles. The van der Waals surface area contributed by atoms with E-state index in [4.69, 9.17) is 17.2 Å². The topological polar surface area (TPSA) is 356 Å². The Kier molecular flexibility index (Phi) is 18.9. The predicted molar refractivity (Wildman–Crippen MR) is 204 cm³/mol. The number of hydrogen-bond acceptors (Lipinski definition) is 12. The molecule has 9 atom stereocenters. The number of carbonyl (C=O) groups excluding carboxylic acids is 9. The summed E-state index contributed by atoms with van der Waals surface area (Å²) in [4.78, 5) is 130. The Balaban J connectivity index is 2.15. The third kappa shape index (κ3) is 13.6. The van der Waals surface area contributed by atoms with Crippen LogP contribution in [-0.4, -0.2) is 147 Å². The van der Waals surface area contributed by atoms with Crippen LogP contribution < -0.4 is 43.8 Å². The summed E-state index contributed by atoms with van der Waals surface area (Å²) in [6.07, 6.45) is 0.695. The first-order chi connectivity index (χ1) is 27.1. The van der Waals surface area contributed by atoms with Crippen molar-refractivity contribution in [3.8, 4) is 0 Å². The third-order valence-corrected chi connectivity index (χ3v) is 10.3. The maximum absolute atomic E-state index is 13.9. The Morgan fingerprint density at radius 1 is 0.690 bits per heavy atom. The summed E-state index contributed by atoms with van der Waals surface area (Å²) in [5.41, 5.74) is 15.9. The summed E-state index contributed by atoms with van der Waals surface area (Å²) in [5.74, 6) is -9.23.